The average Bonchev–Trinajstić information content (AvgIpc) is 2.30. The third-order valence-corrected chi connectivity index (χ3v) is 2.26. The Balaban J connectivity index is 4.03. The minimum Gasteiger partial charge on any atom is -0.480 e. The molecule has 0 aliphatic rings. The van der Waals surface area contributed by atoms with Crippen LogP contribution in [0.5, 0.6) is 0 Å². The second-order valence-corrected chi connectivity index (χ2v) is 3.68. The van der Waals surface area contributed by atoms with E-state index in [-0.39, 0.29) is 12.8 Å². The molecule has 0 radical (unpaired) electrons. The van der Waals surface area contributed by atoms with Crippen molar-refractivity contribution >= 4 is 17.8 Å². The molecule has 6 nitrogen and oxygen atoms in total. The quantitative estimate of drug-likeness (QED) is 0.614. The molecule has 0 unspecified atom stereocenters. The molecule has 98 valence electrons. The fourth-order valence-corrected chi connectivity index (χ4v) is 1.25. The van der Waals surface area contributed by atoms with Gasteiger partial charge in [-0.15, -0.1) is 0 Å². The summed E-state index contributed by atoms with van der Waals surface area (Å²) >= 11 is 0. The van der Waals surface area contributed by atoms with Gasteiger partial charge in [0.2, 0.25) is 5.91 Å². The molecular formula is C11H19NO5. The number of carboxylic acids is 1. The molecule has 2 N–H and O–H groups in total. The van der Waals surface area contributed by atoms with Crippen LogP contribution in [-0.2, 0) is 19.1 Å². The predicted octanol–water partition coefficient (Wildman–Crippen LogP) is 0.699. The highest BCUT2D eigenvalue weighted by molar-refractivity contribution is 5.85. The normalized spacial score (nSPS) is 11.6. The van der Waals surface area contributed by atoms with Crippen LogP contribution < -0.4 is 5.32 Å². The van der Waals surface area contributed by atoms with E-state index in [1.807, 2.05) is 6.92 Å². The Morgan fingerprint density at radius 1 is 1.29 bits per heavy atom. The first-order valence-electron chi connectivity index (χ1n) is 5.60. The van der Waals surface area contributed by atoms with Gasteiger partial charge in [-0.05, 0) is 6.42 Å². The molecule has 0 saturated carbocycles. The summed E-state index contributed by atoms with van der Waals surface area (Å²) in [5.74, 6) is -1.98. The van der Waals surface area contributed by atoms with E-state index < -0.39 is 23.9 Å². The van der Waals surface area contributed by atoms with E-state index in [4.69, 9.17) is 5.11 Å². The lowest BCUT2D eigenvalue weighted by Crippen LogP contribution is -2.40. The highest BCUT2D eigenvalue weighted by atomic mass is 16.5. The zero-order chi connectivity index (χ0) is 13.3. The Labute approximate surface area is 100 Å². The van der Waals surface area contributed by atoms with Crippen LogP contribution in [0.4, 0.5) is 0 Å². The molecule has 0 bridgehead atoms. The van der Waals surface area contributed by atoms with Gasteiger partial charge in [-0.1, -0.05) is 19.8 Å². The van der Waals surface area contributed by atoms with Gasteiger partial charge in [-0.25, -0.2) is 4.79 Å². The van der Waals surface area contributed by atoms with Gasteiger partial charge >= 0.3 is 11.9 Å². The Morgan fingerprint density at radius 3 is 2.41 bits per heavy atom. The summed E-state index contributed by atoms with van der Waals surface area (Å²) in [7, 11) is 1.24. The van der Waals surface area contributed by atoms with Crippen LogP contribution in [0.3, 0.4) is 0 Å². The van der Waals surface area contributed by atoms with Crippen LogP contribution >= 0.6 is 0 Å². The van der Waals surface area contributed by atoms with Crippen molar-refractivity contribution in [2.24, 2.45) is 0 Å². The monoisotopic (exact) mass is 245 g/mol. The Morgan fingerprint density at radius 2 is 1.94 bits per heavy atom. The zero-order valence-electron chi connectivity index (χ0n) is 10.2. The van der Waals surface area contributed by atoms with Gasteiger partial charge in [0, 0.05) is 6.42 Å². The van der Waals surface area contributed by atoms with Gasteiger partial charge in [-0.2, -0.15) is 0 Å². The number of ether oxygens (including phenoxy) is 1. The van der Waals surface area contributed by atoms with Gasteiger partial charge in [0.1, 0.15) is 6.04 Å². The van der Waals surface area contributed by atoms with Gasteiger partial charge in [0.05, 0.1) is 13.5 Å². The number of aliphatic carboxylic acids is 1. The van der Waals surface area contributed by atoms with Crippen molar-refractivity contribution in [3.8, 4) is 0 Å². The van der Waals surface area contributed by atoms with Crippen LogP contribution in [0.1, 0.15) is 39.0 Å². The predicted molar refractivity (Wildman–Crippen MR) is 60.3 cm³/mol. The minimum absolute atomic E-state index is 0.0392. The summed E-state index contributed by atoms with van der Waals surface area (Å²) in [5.41, 5.74) is 0. The number of hydrogen-bond acceptors (Lipinski definition) is 4. The van der Waals surface area contributed by atoms with Crippen molar-refractivity contribution in [1.82, 2.24) is 5.32 Å². The number of methoxy groups -OCH3 is 1. The van der Waals surface area contributed by atoms with E-state index in [9.17, 15) is 14.4 Å². The first kappa shape index (κ1) is 15.4. The van der Waals surface area contributed by atoms with E-state index in [1.165, 1.54) is 7.11 Å². The van der Waals surface area contributed by atoms with Crippen molar-refractivity contribution in [1.29, 1.82) is 0 Å². The fraction of sp³-hybridized carbons (Fsp3) is 0.727. The molecule has 0 aromatic carbocycles. The number of carbonyl (C=O) groups is 3. The van der Waals surface area contributed by atoms with Crippen LogP contribution in [0.2, 0.25) is 0 Å². The molecule has 0 aliphatic heterocycles. The highest BCUT2D eigenvalue weighted by Crippen LogP contribution is 2.02. The first-order chi connectivity index (χ1) is 8.01. The second-order valence-electron chi connectivity index (χ2n) is 3.68. The van der Waals surface area contributed by atoms with Gasteiger partial charge in [-0.3, -0.25) is 9.59 Å². The summed E-state index contributed by atoms with van der Waals surface area (Å²) in [5, 5.41) is 11.3. The summed E-state index contributed by atoms with van der Waals surface area (Å²) < 4.78 is 4.38. The third kappa shape index (κ3) is 7.32. The number of rotatable bonds is 8. The largest absolute Gasteiger partial charge is 0.480 e. The lowest BCUT2D eigenvalue weighted by Gasteiger charge is -2.13. The molecule has 6 heteroatoms. The van der Waals surface area contributed by atoms with E-state index in [0.29, 0.717) is 6.42 Å². The fourth-order valence-electron chi connectivity index (χ4n) is 1.25. The van der Waals surface area contributed by atoms with Crippen LogP contribution in [0, 0.1) is 0 Å². The van der Waals surface area contributed by atoms with Gasteiger partial charge in [0.25, 0.3) is 0 Å². The molecular weight excluding hydrogens is 226 g/mol. The average molecular weight is 245 g/mol. The molecule has 0 aliphatic carbocycles. The van der Waals surface area contributed by atoms with Crippen LogP contribution in [0.15, 0.2) is 0 Å². The topological polar surface area (TPSA) is 92.7 Å². The second kappa shape index (κ2) is 8.55. The molecule has 0 heterocycles. The van der Waals surface area contributed by atoms with E-state index in [1.54, 1.807) is 0 Å². The summed E-state index contributed by atoms with van der Waals surface area (Å²) in [6.45, 7) is 1.94. The number of nitrogens with one attached hydrogen (secondary N) is 1. The standard InChI is InChI=1S/C11H19NO5/c1-3-4-5-8(11(15)16)12-9(13)6-7-10(14)17-2/h8H,3-7H2,1-2H3,(H,12,13)(H,15,16)/t8-/m0/s1. The van der Waals surface area contributed by atoms with E-state index in [2.05, 4.69) is 10.1 Å². The van der Waals surface area contributed by atoms with Crippen molar-refractivity contribution in [2.45, 2.75) is 45.1 Å². The smallest absolute Gasteiger partial charge is 0.326 e. The number of hydrogen-bond donors (Lipinski definition) is 2. The molecule has 0 spiro atoms. The molecule has 17 heavy (non-hydrogen) atoms. The number of unbranched alkanes of at least 4 members (excludes halogenated alkanes) is 1. The van der Waals surface area contributed by atoms with E-state index >= 15 is 0 Å². The molecule has 1 atom stereocenters. The lowest BCUT2D eigenvalue weighted by molar-refractivity contribution is -0.143. The SMILES string of the molecule is CCCC[C@H](NC(=O)CCC(=O)OC)C(=O)O. The molecule has 0 aromatic heterocycles. The van der Waals surface area contributed by atoms with Crippen molar-refractivity contribution in [2.75, 3.05) is 7.11 Å². The maximum atomic E-state index is 11.4. The molecule has 0 fully saturated rings. The lowest BCUT2D eigenvalue weighted by atomic mass is 10.1. The van der Waals surface area contributed by atoms with Crippen molar-refractivity contribution in [3.63, 3.8) is 0 Å². The van der Waals surface area contributed by atoms with Crippen molar-refractivity contribution < 1.29 is 24.2 Å². The molecule has 0 saturated heterocycles. The number of carboxylic acid groups (broad SMARTS) is 1. The van der Waals surface area contributed by atoms with Crippen LogP contribution in [-0.4, -0.2) is 36.1 Å². The Kier molecular flexibility index (Phi) is 7.75. The zero-order valence-corrected chi connectivity index (χ0v) is 10.2. The Bertz CT molecular complexity index is 277. The Hall–Kier alpha value is -1.59. The molecule has 0 aromatic rings. The highest BCUT2D eigenvalue weighted by Gasteiger charge is 2.19. The van der Waals surface area contributed by atoms with Crippen LogP contribution in [0.25, 0.3) is 0 Å². The first-order valence-corrected chi connectivity index (χ1v) is 5.60. The van der Waals surface area contributed by atoms with Gasteiger partial charge < -0.3 is 15.2 Å². The number of carbonyl (C=O) groups excluding carboxylic acids is 2. The maximum absolute atomic E-state index is 11.4. The molecule has 1 amide bonds. The number of amides is 1. The summed E-state index contributed by atoms with van der Waals surface area (Å²) in [6.07, 6.45) is 1.90. The number of esters is 1. The summed E-state index contributed by atoms with van der Waals surface area (Å²) in [4.78, 5) is 33.0. The van der Waals surface area contributed by atoms with Gasteiger partial charge in [0.15, 0.2) is 0 Å². The molecule has 0 rings (SSSR count). The summed E-state index contributed by atoms with van der Waals surface area (Å²) in [6, 6.07) is -0.875. The van der Waals surface area contributed by atoms with E-state index in [0.717, 1.165) is 12.8 Å². The minimum atomic E-state index is -1.05. The third-order valence-electron chi connectivity index (χ3n) is 2.26. The van der Waals surface area contributed by atoms with Crippen molar-refractivity contribution in [3.05, 3.63) is 0 Å². The maximum Gasteiger partial charge on any atom is 0.326 e.